The second kappa shape index (κ2) is 24.6. The van der Waals surface area contributed by atoms with Crippen LogP contribution >= 0.6 is 0 Å². The van der Waals surface area contributed by atoms with Gasteiger partial charge >= 0.3 is 11.9 Å². The highest BCUT2D eigenvalue weighted by molar-refractivity contribution is 5.79. The van der Waals surface area contributed by atoms with Gasteiger partial charge in [0, 0.05) is 32.3 Å². The zero-order valence-electron chi connectivity index (χ0n) is 53.8. The lowest BCUT2D eigenvalue weighted by Crippen LogP contribution is -2.42. The predicted octanol–water partition coefficient (Wildman–Crippen LogP) is 10.2. The molecule has 13 saturated carbocycles. The van der Waals surface area contributed by atoms with E-state index in [0.717, 1.165) is 133 Å². The lowest BCUT2D eigenvalue weighted by atomic mass is 9.68. The number of aliphatic hydroxyl groups is 8. The molecule has 35 unspecified atom stereocenters. The maximum atomic E-state index is 11.5. The Morgan fingerprint density at radius 2 is 0.956 bits per heavy atom. The van der Waals surface area contributed by atoms with Crippen LogP contribution in [0.15, 0.2) is 115 Å². The van der Waals surface area contributed by atoms with Gasteiger partial charge in [0.05, 0.1) is 30.8 Å². The van der Waals surface area contributed by atoms with Crippen molar-refractivity contribution in [2.45, 2.75) is 126 Å². The van der Waals surface area contributed by atoms with Crippen LogP contribution in [0.3, 0.4) is 0 Å². The Morgan fingerprint density at radius 3 is 1.46 bits per heavy atom. The number of benzene rings is 1. The summed E-state index contributed by atoms with van der Waals surface area (Å²) in [4.78, 5) is 22.2. The second-order valence-corrected chi connectivity index (χ2v) is 33.6. The molecule has 20 aliphatic carbocycles. The third-order valence-electron chi connectivity index (χ3n) is 29.9. The van der Waals surface area contributed by atoms with Crippen LogP contribution in [0.2, 0.25) is 0 Å². The topological polar surface area (TPSA) is 225 Å². The van der Waals surface area contributed by atoms with Crippen molar-refractivity contribution in [2.24, 2.45) is 183 Å². The lowest BCUT2D eigenvalue weighted by molar-refractivity contribution is -0.161. The zero-order valence-corrected chi connectivity index (χ0v) is 53.8. The Balaban J connectivity index is 0.0000000886. The van der Waals surface area contributed by atoms with Crippen LogP contribution < -0.4 is 0 Å². The highest BCUT2D eigenvalue weighted by Gasteiger charge is 2.65. The van der Waals surface area contributed by atoms with Gasteiger partial charge < -0.3 is 50.7 Å². The number of carboxylic acids is 1. The minimum absolute atomic E-state index is 0.0546. The van der Waals surface area contributed by atoms with Crippen molar-refractivity contribution in [3.63, 3.8) is 0 Å². The van der Waals surface area contributed by atoms with Gasteiger partial charge in [-0.2, -0.15) is 0 Å². The Morgan fingerprint density at radius 1 is 0.473 bits per heavy atom. The minimum atomic E-state index is -1.46. The summed E-state index contributed by atoms with van der Waals surface area (Å²) in [5.74, 6) is 20.0. The number of esters is 1. The van der Waals surface area contributed by atoms with E-state index in [2.05, 4.69) is 104 Å². The lowest BCUT2D eigenvalue weighted by Gasteiger charge is -2.40. The molecule has 0 radical (unpaired) electrons. The van der Waals surface area contributed by atoms with Crippen molar-refractivity contribution < 1.29 is 60.3 Å². The van der Waals surface area contributed by atoms with E-state index in [0.29, 0.717) is 96.6 Å². The number of hydrogen-bond donors (Lipinski definition) is 9. The highest BCUT2D eigenvalue weighted by Crippen LogP contribution is 2.70. The van der Waals surface area contributed by atoms with Gasteiger partial charge in [-0.05, 0) is 286 Å². The molecule has 35 atom stereocenters. The van der Waals surface area contributed by atoms with Crippen molar-refractivity contribution >= 4 is 11.9 Å². The number of hydrogen-bond acceptors (Lipinski definition) is 11. The molecule has 0 aliphatic heterocycles. The molecule has 12 heteroatoms. The quantitative estimate of drug-likeness (QED) is 0.0674. The number of carbonyl (C=O) groups is 2. The summed E-state index contributed by atoms with van der Waals surface area (Å²) < 4.78 is 4.75. The summed E-state index contributed by atoms with van der Waals surface area (Å²) >= 11 is 0. The smallest absolute Gasteiger partial charge is 0.336 e. The molecule has 494 valence electrons. The number of carboxylic acid groups (broad SMARTS) is 1. The molecule has 20 aliphatic rings. The van der Waals surface area contributed by atoms with E-state index in [-0.39, 0.29) is 49.3 Å². The number of fused-ring (bicyclic) bond motifs is 35. The van der Waals surface area contributed by atoms with Crippen molar-refractivity contribution in [1.82, 2.24) is 0 Å². The maximum Gasteiger partial charge on any atom is 0.336 e. The fraction of sp³-hybridized carbons (Fsp3) is 0.722. The summed E-state index contributed by atoms with van der Waals surface area (Å²) in [5.41, 5.74) is -1.02. The number of methoxy groups -OCH3 is 1. The van der Waals surface area contributed by atoms with Gasteiger partial charge in [0.1, 0.15) is 0 Å². The average Bonchev–Trinajstić information content (AvgIpc) is 1.74. The van der Waals surface area contributed by atoms with Crippen molar-refractivity contribution in [3.05, 3.63) is 121 Å². The third-order valence-corrected chi connectivity index (χ3v) is 29.9. The average molecular weight is 1250 g/mol. The summed E-state index contributed by atoms with van der Waals surface area (Å²) in [6, 6.07) is 10.6. The number of aliphatic carboxylic acids is 1. The monoisotopic (exact) mass is 1250 g/mol. The Kier molecular flexibility index (Phi) is 17.0. The van der Waals surface area contributed by atoms with E-state index in [4.69, 9.17) is 20.1 Å². The van der Waals surface area contributed by atoms with Gasteiger partial charge in [0.2, 0.25) is 0 Å². The van der Waals surface area contributed by atoms with E-state index in [1.54, 1.807) is 0 Å². The van der Waals surface area contributed by atoms with E-state index in [9.17, 15) is 40.2 Å². The third kappa shape index (κ3) is 10.5. The maximum absolute atomic E-state index is 11.5. The van der Waals surface area contributed by atoms with E-state index < -0.39 is 17.0 Å². The SMILES string of the molecule is CC1(O)CC2CC1C1C3C=CC(C3)C21.COC(=O)C1(CO)CC2C=CC1C2.O=C(O)C1(O)CC2C=CC1C2.OC1CC2CC1C1C3C=CC(C3)C21.OCC1C2C=CC(C2)C1CO.OCC1C2C=CC(C2)C1c1ccccc1.OCC1CC2CC1C1C3C=CC(C3)C21. The molecular formula is C79H106O12. The molecule has 21 rings (SSSR count). The second-order valence-electron chi connectivity index (χ2n) is 33.6. The number of aliphatic hydroxyl groups excluding tert-OH is 6. The summed E-state index contributed by atoms with van der Waals surface area (Å²) in [6.07, 6.45) is 49.0. The molecular weight excluding hydrogens is 1140 g/mol. The number of allylic oxidation sites excluding steroid dienone is 13. The van der Waals surface area contributed by atoms with Crippen molar-refractivity contribution in [1.29, 1.82) is 0 Å². The van der Waals surface area contributed by atoms with Crippen LogP contribution in [0.5, 0.6) is 0 Å². The van der Waals surface area contributed by atoms with E-state index in [1.807, 2.05) is 18.2 Å². The Labute approximate surface area is 540 Å². The van der Waals surface area contributed by atoms with Crippen molar-refractivity contribution in [3.8, 4) is 0 Å². The Hall–Kier alpha value is -3.98. The molecule has 0 heterocycles. The molecule has 1 aromatic carbocycles. The predicted molar refractivity (Wildman–Crippen MR) is 346 cm³/mol. The van der Waals surface area contributed by atoms with Gasteiger partial charge in [-0.25, -0.2) is 4.79 Å². The highest BCUT2D eigenvalue weighted by atomic mass is 16.5. The first-order valence-corrected chi connectivity index (χ1v) is 36.3. The molecule has 12 nitrogen and oxygen atoms in total. The zero-order chi connectivity index (χ0) is 63.0. The van der Waals surface area contributed by atoms with Gasteiger partial charge in [-0.3, -0.25) is 4.79 Å². The molecule has 0 amide bonds. The van der Waals surface area contributed by atoms with Gasteiger partial charge in [-0.1, -0.05) is 115 Å². The van der Waals surface area contributed by atoms with Crippen LogP contribution in [-0.2, 0) is 14.3 Å². The fourth-order valence-electron chi connectivity index (χ4n) is 26.3. The van der Waals surface area contributed by atoms with Crippen LogP contribution in [0.4, 0.5) is 0 Å². The minimum Gasteiger partial charge on any atom is -0.479 e. The largest absolute Gasteiger partial charge is 0.479 e. The van der Waals surface area contributed by atoms with E-state index >= 15 is 0 Å². The molecule has 1 aromatic rings. The molecule has 0 aromatic heterocycles. The van der Waals surface area contributed by atoms with Gasteiger partial charge in [0.25, 0.3) is 0 Å². The number of rotatable bonds is 8. The van der Waals surface area contributed by atoms with E-state index in [1.165, 1.54) is 64.0 Å². The molecule has 13 fully saturated rings. The summed E-state index contributed by atoms with van der Waals surface area (Å²) in [7, 11) is 1.38. The fourth-order valence-corrected chi connectivity index (χ4v) is 26.3. The Bertz CT molecular complexity index is 3040. The molecule has 0 saturated heterocycles. The standard InChI is InChI=1S/C14H16O.2C13H18O.C12H16O.C10H14O3.C9H14O2.C8H10O3/c15-9-13-11-6-7-12(8-11)14(13)10-4-2-1-3-5-10;1-13(14)6-9-5-10(13)12-8-3-2-7(4-8)11(9)12;14-6-10-4-9-5-11(10)13-8-2-1-7(3-8)12(9)13;13-10-5-8-4-9(10)12-7-2-1-6(3-7)11(8)12;1-13-9(12)10(6-11)5-7-2-3-8(10)4-7;10-4-8-6-1-2-7(3-6)9(8)5-11;9-7(10)8(11)4-5-1-2-6(8)3-5/h1-7,11-15H,8-9H2;2-3,7-12,14H,4-6H2,1H3;1-2,7-14H,3-6H2;1-2,6-13H,3-5H2;2-3,7-8,11H,4-6H2,1H3;1-2,6-11H,3-5H2;1-2,5-6,11H,3-4H2,(H,9,10). The van der Waals surface area contributed by atoms with Crippen LogP contribution in [0, 0.1) is 183 Å². The number of carbonyl (C=O) groups excluding carboxylic acids is 1. The first-order valence-electron chi connectivity index (χ1n) is 36.3. The summed E-state index contributed by atoms with van der Waals surface area (Å²) in [5, 5.41) is 84.8. The van der Waals surface area contributed by atoms with Gasteiger partial charge in [0.15, 0.2) is 5.60 Å². The van der Waals surface area contributed by atoms with Crippen LogP contribution in [-0.4, -0.2) is 115 Å². The first-order chi connectivity index (χ1) is 44.0. The molecule has 20 bridgehead atoms. The molecule has 9 N–H and O–H groups in total. The van der Waals surface area contributed by atoms with Crippen LogP contribution in [0.1, 0.15) is 115 Å². The van der Waals surface area contributed by atoms with Crippen molar-refractivity contribution in [2.75, 3.05) is 40.1 Å². The summed E-state index contributed by atoms with van der Waals surface area (Å²) in [6.45, 7) is 3.22. The number of ether oxygens (including phenoxy) is 1. The normalized spacial score (nSPS) is 52.9. The molecule has 0 spiro atoms. The molecule has 91 heavy (non-hydrogen) atoms. The van der Waals surface area contributed by atoms with Crippen LogP contribution in [0.25, 0.3) is 0 Å². The first kappa shape index (κ1) is 63.1. The van der Waals surface area contributed by atoms with Gasteiger partial charge in [-0.15, -0.1) is 0 Å².